The second-order valence-electron chi connectivity index (χ2n) is 3.36. The van der Waals surface area contributed by atoms with Gasteiger partial charge >= 0.3 is 0 Å². The standard InChI is InChI=1S/C10H9N5O2S/c11-4-9-10(2-1-3-13-9)18(16,17)15-6-8-5-12-7-14-8/h1-3,5,7,15H,6H2,(H,12,14). The van der Waals surface area contributed by atoms with Crippen LogP contribution in [-0.2, 0) is 16.6 Å². The fraction of sp³-hybridized carbons (Fsp3) is 0.100. The lowest BCUT2D eigenvalue weighted by atomic mass is 10.4. The van der Waals surface area contributed by atoms with Gasteiger partial charge in [-0.25, -0.2) is 23.1 Å². The van der Waals surface area contributed by atoms with Crippen molar-refractivity contribution in [3.63, 3.8) is 0 Å². The van der Waals surface area contributed by atoms with E-state index < -0.39 is 10.0 Å². The van der Waals surface area contributed by atoms with E-state index in [0.717, 1.165) is 0 Å². The van der Waals surface area contributed by atoms with Gasteiger partial charge in [0.1, 0.15) is 11.0 Å². The number of sulfonamides is 1. The Morgan fingerprint density at radius 2 is 2.33 bits per heavy atom. The minimum Gasteiger partial charge on any atom is -0.347 e. The summed E-state index contributed by atoms with van der Waals surface area (Å²) in [5.74, 6) is 0. The largest absolute Gasteiger partial charge is 0.347 e. The molecule has 0 bridgehead atoms. The molecule has 0 aliphatic rings. The predicted octanol–water partition coefficient (Wildman–Crippen LogP) is 0.155. The van der Waals surface area contributed by atoms with Crippen LogP contribution in [0, 0.1) is 11.3 Å². The number of H-pyrrole nitrogens is 1. The molecule has 0 amide bonds. The molecule has 8 heteroatoms. The lowest BCUT2D eigenvalue weighted by Crippen LogP contribution is -2.24. The van der Waals surface area contributed by atoms with E-state index in [1.807, 2.05) is 0 Å². The van der Waals surface area contributed by atoms with Gasteiger partial charge in [-0.15, -0.1) is 0 Å². The second kappa shape index (κ2) is 4.95. The fourth-order valence-electron chi connectivity index (χ4n) is 1.32. The number of imidazole rings is 1. The van der Waals surface area contributed by atoms with Gasteiger partial charge in [-0.2, -0.15) is 5.26 Å². The summed E-state index contributed by atoms with van der Waals surface area (Å²) in [6.07, 6.45) is 4.33. The molecule has 0 radical (unpaired) electrons. The molecule has 0 saturated heterocycles. The van der Waals surface area contributed by atoms with Crippen LogP contribution in [0.15, 0.2) is 35.7 Å². The van der Waals surface area contributed by atoms with E-state index in [0.29, 0.717) is 5.69 Å². The van der Waals surface area contributed by atoms with Crippen molar-refractivity contribution in [1.82, 2.24) is 19.7 Å². The Kier molecular flexibility index (Phi) is 3.36. The normalized spacial score (nSPS) is 11.1. The number of hydrogen-bond donors (Lipinski definition) is 2. The molecule has 18 heavy (non-hydrogen) atoms. The zero-order chi connectivity index (χ0) is 13.0. The monoisotopic (exact) mass is 263 g/mol. The molecule has 0 fully saturated rings. The Hall–Kier alpha value is -2.24. The molecule has 2 rings (SSSR count). The summed E-state index contributed by atoms with van der Waals surface area (Å²) in [5.41, 5.74) is 0.496. The Labute approximate surface area is 104 Å². The maximum atomic E-state index is 12.0. The number of aromatic nitrogens is 3. The van der Waals surface area contributed by atoms with Crippen LogP contribution in [-0.4, -0.2) is 23.4 Å². The van der Waals surface area contributed by atoms with Gasteiger partial charge in [0.05, 0.1) is 12.9 Å². The predicted molar refractivity (Wildman–Crippen MR) is 61.6 cm³/mol. The molecule has 0 saturated carbocycles. The van der Waals surface area contributed by atoms with Crippen LogP contribution < -0.4 is 4.72 Å². The first-order valence-electron chi connectivity index (χ1n) is 4.95. The molecule has 92 valence electrons. The summed E-state index contributed by atoms with van der Waals surface area (Å²) in [6, 6.07) is 4.54. The molecule has 0 atom stereocenters. The van der Waals surface area contributed by atoms with E-state index in [9.17, 15) is 8.42 Å². The quantitative estimate of drug-likeness (QED) is 0.815. The average molecular weight is 263 g/mol. The molecule has 2 aromatic heterocycles. The number of nitrogens with one attached hydrogen (secondary N) is 2. The van der Waals surface area contributed by atoms with Crippen LogP contribution in [0.2, 0.25) is 0 Å². The first-order valence-corrected chi connectivity index (χ1v) is 6.44. The van der Waals surface area contributed by atoms with E-state index in [4.69, 9.17) is 5.26 Å². The van der Waals surface area contributed by atoms with E-state index in [1.54, 1.807) is 6.07 Å². The van der Waals surface area contributed by atoms with Crippen molar-refractivity contribution in [2.24, 2.45) is 0 Å². The molecule has 0 aliphatic heterocycles. The number of aromatic amines is 1. The Morgan fingerprint density at radius 1 is 1.50 bits per heavy atom. The third kappa shape index (κ3) is 2.53. The third-order valence-electron chi connectivity index (χ3n) is 2.17. The lowest BCUT2D eigenvalue weighted by Gasteiger charge is -2.06. The van der Waals surface area contributed by atoms with Gasteiger partial charge in [-0.1, -0.05) is 0 Å². The molecule has 0 spiro atoms. The van der Waals surface area contributed by atoms with Crippen molar-refractivity contribution in [3.05, 3.63) is 42.2 Å². The van der Waals surface area contributed by atoms with Gasteiger partial charge in [0, 0.05) is 18.1 Å². The zero-order valence-corrected chi connectivity index (χ0v) is 9.98. The number of hydrogen-bond acceptors (Lipinski definition) is 5. The fourth-order valence-corrected chi connectivity index (χ4v) is 2.43. The Bertz CT molecular complexity index is 673. The van der Waals surface area contributed by atoms with Gasteiger partial charge in [-0.3, -0.25) is 0 Å². The average Bonchev–Trinajstić information content (AvgIpc) is 2.89. The zero-order valence-electron chi connectivity index (χ0n) is 9.16. The molecule has 0 aliphatic carbocycles. The van der Waals surface area contributed by atoms with Crippen molar-refractivity contribution < 1.29 is 8.42 Å². The van der Waals surface area contributed by atoms with Crippen LogP contribution in [0.3, 0.4) is 0 Å². The summed E-state index contributed by atoms with van der Waals surface area (Å²) >= 11 is 0. The van der Waals surface area contributed by atoms with Crippen LogP contribution in [0.25, 0.3) is 0 Å². The highest BCUT2D eigenvalue weighted by Gasteiger charge is 2.18. The summed E-state index contributed by atoms with van der Waals surface area (Å²) in [6.45, 7) is 0.0715. The maximum absolute atomic E-state index is 12.0. The second-order valence-corrected chi connectivity index (χ2v) is 5.10. The van der Waals surface area contributed by atoms with E-state index in [2.05, 4.69) is 19.7 Å². The molecule has 7 nitrogen and oxygen atoms in total. The molecular formula is C10H9N5O2S. The highest BCUT2D eigenvalue weighted by molar-refractivity contribution is 7.89. The summed E-state index contributed by atoms with van der Waals surface area (Å²) < 4.78 is 26.3. The molecular weight excluding hydrogens is 254 g/mol. The van der Waals surface area contributed by atoms with Crippen LogP contribution in [0.1, 0.15) is 11.4 Å². The summed E-state index contributed by atoms with van der Waals surface area (Å²) in [7, 11) is -3.76. The van der Waals surface area contributed by atoms with Crippen molar-refractivity contribution in [2.45, 2.75) is 11.4 Å². The van der Waals surface area contributed by atoms with E-state index in [1.165, 1.54) is 30.9 Å². The molecule has 2 aromatic rings. The number of pyridine rings is 1. The SMILES string of the molecule is N#Cc1ncccc1S(=O)(=O)NCc1cnc[nH]1. The minimum atomic E-state index is -3.76. The molecule has 2 heterocycles. The first-order chi connectivity index (χ1) is 8.63. The molecule has 0 unspecified atom stereocenters. The van der Waals surface area contributed by atoms with E-state index in [-0.39, 0.29) is 17.1 Å². The van der Waals surface area contributed by atoms with Gasteiger partial charge in [-0.05, 0) is 12.1 Å². The van der Waals surface area contributed by atoms with Crippen molar-refractivity contribution in [3.8, 4) is 6.07 Å². The van der Waals surface area contributed by atoms with Crippen LogP contribution in [0.5, 0.6) is 0 Å². The number of nitrogens with zero attached hydrogens (tertiary/aromatic N) is 3. The smallest absolute Gasteiger partial charge is 0.243 e. The van der Waals surface area contributed by atoms with Gasteiger partial charge in [0.2, 0.25) is 10.0 Å². The van der Waals surface area contributed by atoms with Crippen molar-refractivity contribution >= 4 is 10.0 Å². The highest BCUT2D eigenvalue weighted by Crippen LogP contribution is 2.11. The number of nitriles is 1. The first kappa shape index (κ1) is 12.2. The highest BCUT2D eigenvalue weighted by atomic mass is 32.2. The van der Waals surface area contributed by atoms with Crippen LogP contribution in [0.4, 0.5) is 0 Å². The molecule has 2 N–H and O–H groups in total. The van der Waals surface area contributed by atoms with Gasteiger partial charge in [0.25, 0.3) is 0 Å². The minimum absolute atomic E-state index is 0.0715. The topological polar surface area (TPSA) is 112 Å². The summed E-state index contributed by atoms with van der Waals surface area (Å²) in [4.78, 5) is 10.1. The molecule has 0 aromatic carbocycles. The van der Waals surface area contributed by atoms with Crippen molar-refractivity contribution in [1.29, 1.82) is 5.26 Å². The van der Waals surface area contributed by atoms with Crippen LogP contribution >= 0.6 is 0 Å². The maximum Gasteiger partial charge on any atom is 0.243 e. The third-order valence-corrected chi connectivity index (χ3v) is 3.61. The van der Waals surface area contributed by atoms with Crippen molar-refractivity contribution in [2.75, 3.05) is 0 Å². The lowest BCUT2D eigenvalue weighted by molar-refractivity contribution is 0.580. The van der Waals surface area contributed by atoms with Gasteiger partial charge in [0.15, 0.2) is 5.69 Å². The Balaban J connectivity index is 2.23. The Morgan fingerprint density at radius 3 is 3.00 bits per heavy atom. The van der Waals surface area contributed by atoms with Gasteiger partial charge < -0.3 is 4.98 Å². The summed E-state index contributed by atoms with van der Waals surface area (Å²) in [5, 5.41) is 8.81. The van der Waals surface area contributed by atoms with E-state index >= 15 is 0 Å². The number of rotatable bonds is 4.